The van der Waals surface area contributed by atoms with Gasteiger partial charge in [-0.2, -0.15) is 0 Å². The summed E-state index contributed by atoms with van der Waals surface area (Å²) in [6, 6.07) is 0. The fourth-order valence-corrected chi connectivity index (χ4v) is 2.11. The number of hydrogen-bond donors (Lipinski definition) is 0. The maximum Gasteiger partial charge on any atom is 0.225 e. The molecule has 0 unspecified atom stereocenters. The van der Waals surface area contributed by atoms with Gasteiger partial charge in [-0.25, -0.2) is 0 Å². The van der Waals surface area contributed by atoms with Crippen LogP contribution in [0.25, 0.3) is 0 Å². The van der Waals surface area contributed by atoms with Crippen molar-refractivity contribution in [1.29, 1.82) is 0 Å². The fourth-order valence-electron chi connectivity index (χ4n) is 2.11. The van der Waals surface area contributed by atoms with Crippen molar-refractivity contribution in [3.63, 3.8) is 0 Å². The minimum Gasteiger partial charge on any atom is -0.286 e. The first-order chi connectivity index (χ1) is 9.41. The first-order valence-corrected chi connectivity index (χ1v) is 8.09. The van der Waals surface area contributed by atoms with Gasteiger partial charge in [0.15, 0.2) is 0 Å². The average molecular weight is 263 g/mol. The molecule has 1 heteroatoms. The highest BCUT2D eigenvalue weighted by atomic mass is 16.1. The molecule has 0 aromatic rings. The van der Waals surface area contributed by atoms with Crippen molar-refractivity contribution in [3.8, 4) is 0 Å². The Balaban J connectivity index is 3.06. The van der Waals surface area contributed by atoms with Crippen molar-refractivity contribution in [2.75, 3.05) is 0 Å². The second-order valence-corrected chi connectivity index (χ2v) is 5.19. The molecule has 0 rings (SSSR count). The second kappa shape index (κ2) is 17.2. The quantitative estimate of drug-likeness (QED) is 0.216. The molecule has 0 saturated heterocycles. The Morgan fingerprint density at radius 3 is 1.68 bits per heavy atom. The molecule has 0 atom stereocenters. The molecule has 0 fully saturated rings. The van der Waals surface area contributed by atoms with Gasteiger partial charge in [-0.05, 0) is 44.6 Å². The highest BCUT2D eigenvalue weighted by Gasteiger charge is 1.90. The molecule has 0 aliphatic carbocycles. The van der Waals surface area contributed by atoms with Crippen LogP contribution in [0.5, 0.6) is 0 Å². The van der Waals surface area contributed by atoms with E-state index < -0.39 is 0 Å². The summed E-state index contributed by atoms with van der Waals surface area (Å²) in [4.78, 5) is 9.92. The van der Waals surface area contributed by atoms with E-state index in [0.717, 1.165) is 6.42 Å². The molecule has 0 heterocycles. The molecular formula is C18H31O. The predicted molar refractivity (Wildman–Crippen MR) is 85.1 cm³/mol. The van der Waals surface area contributed by atoms with Crippen LogP contribution in [0.1, 0.15) is 84.0 Å². The monoisotopic (exact) mass is 263 g/mol. The maximum atomic E-state index is 9.92. The topological polar surface area (TPSA) is 17.1 Å². The molecule has 0 amide bonds. The summed E-state index contributed by atoms with van der Waals surface area (Å²) < 4.78 is 0. The first-order valence-electron chi connectivity index (χ1n) is 8.09. The Labute approximate surface area is 120 Å². The van der Waals surface area contributed by atoms with Gasteiger partial charge >= 0.3 is 0 Å². The van der Waals surface area contributed by atoms with E-state index in [4.69, 9.17) is 0 Å². The molecule has 0 aliphatic heterocycles. The number of unbranched alkanes of at least 4 members (excludes halogenated alkanes) is 10. The number of hydrogen-bond acceptors (Lipinski definition) is 1. The lowest BCUT2D eigenvalue weighted by Gasteiger charge is -1.99. The lowest BCUT2D eigenvalue weighted by molar-refractivity contribution is 0.564. The molecule has 0 aromatic heterocycles. The number of allylic oxidation sites excluding steroid dienone is 4. The Kier molecular flexibility index (Phi) is 16.4. The summed E-state index contributed by atoms with van der Waals surface area (Å²) in [6.07, 6.45) is 25.3. The third kappa shape index (κ3) is 17.1. The van der Waals surface area contributed by atoms with Crippen molar-refractivity contribution in [2.45, 2.75) is 84.0 Å². The van der Waals surface area contributed by atoms with E-state index in [1.165, 1.54) is 76.7 Å². The van der Waals surface area contributed by atoms with Gasteiger partial charge in [0.25, 0.3) is 0 Å². The summed E-state index contributed by atoms with van der Waals surface area (Å²) >= 11 is 0. The van der Waals surface area contributed by atoms with E-state index in [0.29, 0.717) is 0 Å². The van der Waals surface area contributed by atoms with Crippen molar-refractivity contribution < 1.29 is 4.79 Å². The zero-order valence-corrected chi connectivity index (χ0v) is 12.7. The molecule has 0 saturated carbocycles. The minimum absolute atomic E-state index is 1.02. The summed E-state index contributed by atoms with van der Waals surface area (Å²) in [5.74, 6) is 0. The molecular weight excluding hydrogens is 232 g/mol. The zero-order valence-electron chi connectivity index (χ0n) is 12.7. The Hall–Kier alpha value is -0.850. The fraction of sp³-hybridized carbons (Fsp3) is 0.722. The number of carbonyl (C=O) groups excluding carboxylic acids is 1. The Bertz CT molecular complexity index is 228. The third-order valence-electron chi connectivity index (χ3n) is 3.32. The molecule has 0 N–H and O–H groups in total. The average Bonchev–Trinajstić information content (AvgIpc) is 2.43. The third-order valence-corrected chi connectivity index (χ3v) is 3.32. The van der Waals surface area contributed by atoms with Crippen LogP contribution in [0.3, 0.4) is 0 Å². The van der Waals surface area contributed by atoms with Gasteiger partial charge in [-0.1, -0.05) is 63.7 Å². The maximum absolute atomic E-state index is 9.92. The molecule has 0 aromatic carbocycles. The van der Waals surface area contributed by atoms with E-state index in [2.05, 4.69) is 19.1 Å². The SMILES string of the molecule is CCCCCC=CCCCCCCCCC=C[C]=O. The van der Waals surface area contributed by atoms with Gasteiger partial charge in [0.2, 0.25) is 6.29 Å². The van der Waals surface area contributed by atoms with Gasteiger partial charge < -0.3 is 0 Å². The summed E-state index contributed by atoms with van der Waals surface area (Å²) in [5.41, 5.74) is 0. The summed E-state index contributed by atoms with van der Waals surface area (Å²) in [6.45, 7) is 2.25. The second-order valence-electron chi connectivity index (χ2n) is 5.19. The minimum atomic E-state index is 1.02. The highest BCUT2D eigenvalue weighted by Crippen LogP contribution is 2.09. The van der Waals surface area contributed by atoms with Crippen LogP contribution in [0.4, 0.5) is 0 Å². The molecule has 0 spiro atoms. The highest BCUT2D eigenvalue weighted by molar-refractivity contribution is 5.65. The van der Waals surface area contributed by atoms with Gasteiger partial charge in [0.1, 0.15) is 0 Å². The lowest BCUT2D eigenvalue weighted by Crippen LogP contribution is -1.79. The van der Waals surface area contributed by atoms with Gasteiger partial charge in [-0.15, -0.1) is 0 Å². The van der Waals surface area contributed by atoms with Crippen molar-refractivity contribution >= 4 is 6.29 Å². The molecule has 0 bridgehead atoms. The summed E-state index contributed by atoms with van der Waals surface area (Å²) in [5, 5.41) is 0. The van der Waals surface area contributed by atoms with Crippen LogP contribution in [0.15, 0.2) is 24.3 Å². The van der Waals surface area contributed by atoms with Crippen LogP contribution in [-0.2, 0) is 4.79 Å². The van der Waals surface area contributed by atoms with Gasteiger partial charge in [0.05, 0.1) is 0 Å². The summed E-state index contributed by atoms with van der Waals surface area (Å²) in [7, 11) is 0. The smallest absolute Gasteiger partial charge is 0.225 e. The molecule has 19 heavy (non-hydrogen) atoms. The Morgan fingerprint density at radius 1 is 0.684 bits per heavy atom. The normalized spacial score (nSPS) is 11.6. The van der Waals surface area contributed by atoms with E-state index in [-0.39, 0.29) is 0 Å². The van der Waals surface area contributed by atoms with Gasteiger partial charge in [-0.3, -0.25) is 4.79 Å². The van der Waals surface area contributed by atoms with Crippen molar-refractivity contribution in [3.05, 3.63) is 24.3 Å². The largest absolute Gasteiger partial charge is 0.286 e. The van der Waals surface area contributed by atoms with E-state index >= 15 is 0 Å². The zero-order chi connectivity index (χ0) is 14.0. The molecule has 109 valence electrons. The van der Waals surface area contributed by atoms with Crippen molar-refractivity contribution in [1.82, 2.24) is 0 Å². The first kappa shape index (κ1) is 18.1. The molecule has 1 nitrogen and oxygen atoms in total. The Morgan fingerprint density at radius 2 is 1.16 bits per heavy atom. The van der Waals surface area contributed by atoms with E-state index in [1.807, 2.05) is 6.08 Å². The van der Waals surface area contributed by atoms with Crippen LogP contribution in [0, 0.1) is 0 Å². The van der Waals surface area contributed by atoms with E-state index in [9.17, 15) is 4.79 Å². The molecule has 0 aliphatic rings. The van der Waals surface area contributed by atoms with E-state index in [1.54, 1.807) is 6.29 Å². The molecule has 1 radical (unpaired) electrons. The van der Waals surface area contributed by atoms with Crippen LogP contribution in [-0.4, -0.2) is 6.29 Å². The van der Waals surface area contributed by atoms with Crippen LogP contribution in [0.2, 0.25) is 0 Å². The van der Waals surface area contributed by atoms with Crippen LogP contribution < -0.4 is 0 Å². The number of rotatable bonds is 14. The predicted octanol–water partition coefficient (Wildman–Crippen LogP) is 5.91. The van der Waals surface area contributed by atoms with Crippen molar-refractivity contribution in [2.24, 2.45) is 0 Å². The van der Waals surface area contributed by atoms with Gasteiger partial charge in [0, 0.05) is 0 Å². The van der Waals surface area contributed by atoms with Crippen LogP contribution >= 0.6 is 0 Å². The lowest BCUT2D eigenvalue weighted by atomic mass is 10.1. The standard InChI is InChI=1S/C18H31O/c1-2-3-4-5-6-7-8-9-10-11-12-13-14-15-16-17-18-19/h6-7,16-17H,2-5,8-15H2,1H3.